The van der Waals surface area contributed by atoms with Crippen LogP contribution >= 0.6 is 23.2 Å². The Kier molecular flexibility index (Phi) is 7.60. The lowest BCUT2D eigenvalue weighted by Crippen LogP contribution is -2.38. The minimum absolute atomic E-state index is 0.0339. The molecule has 6 nitrogen and oxygen atoms in total. The summed E-state index contributed by atoms with van der Waals surface area (Å²) in [5.74, 6) is -0.712. The van der Waals surface area contributed by atoms with Crippen LogP contribution in [0.25, 0.3) is 0 Å². The van der Waals surface area contributed by atoms with E-state index in [1.54, 1.807) is 24.3 Å². The standard InChI is InChI=1S/C22H19Cl2FN2O4S/c1-2-31-18-8-6-17(7-9-18)27(32(29,30)19-10-3-15(23)4-11-19)14-22(28)26-16-5-12-21(25)20(24)13-16/h3-13H,2,14H2,1H3,(H,26,28). The van der Waals surface area contributed by atoms with Gasteiger partial charge in [0.2, 0.25) is 5.91 Å². The Bertz CT molecular complexity index is 1200. The van der Waals surface area contributed by atoms with Crippen molar-refractivity contribution in [2.75, 3.05) is 22.8 Å². The summed E-state index contributed by atoms with van der Waals surface area (Å²) >= 11 is 11.6. The number of nitrogens with zero attached hydrogens (tertiary/aromatic N) is 1. The lowest BCUT2D eigenvalue weighted by molar-refractivity contribution is -0.114. The van der Waals surface area contributed by atoms with Crippen LogP contribution in [0.4, 0.5) is 15.8 Å². The minimum Gasteiger partial charge on any atom is -0.494 e. The average Bonchev–Trinajstić information content (AvgIpc) is 2.76. The zero-order valence-corrected chi connectivity index (χ0v) is 19.2. The number of nitrogens with one attached hydrogen (secondary N) is 1. The number of anilines is 2. The van der Waals surface area contributed by atoms with E-state index in [9.17, 15) is 17.6 Å². The first-order valence-corrected chi connectivity index (χ1v) is 11.7. The molecule has 0 aliphatic rings. The Hall–Kier alpha value is -2.81. The number of sulfonamides is 1. The van der Waals surface area contributed by atoms with Crippen LogP contribution in [0.15, 0.2) is 71.6 Å². The Morgan fingerprint density at radius 2 is 1.69 bits per heavy atom. The van der Waals surface area contributed by atoms with E-state index in [0.29, 0.717) is 17.4 Å². The first-order valence-electron chi connectivity index (χ1n) is 9.47. The molecule has 0 atom stereocenters. The molecule has 0 fully saturated rings. The molecule has 0 saturated carbocycles. The highest BCUT2D eigenvalue weighted by molar-refractivity contribution is 7.92. The molecular weight excluding hydrogens is 478 g/mol. The van der Waals surface area contributed by atoms with Crippen LogP contribution < -0.4 is 14.4 Å². The van der Waals surface area contributed by atoms with Crippen molar-refractivity contribution in [1.29, 1.82) is 0 Å². The minimum atomic E-state index is -4.11. The number of halogens is 3. The van der Waals surface area contributed by atoms with Crippen molar-refractivity contribution >= 4 is 50.5 Å². The highest BCUT2D eigenvalue weighted by atomic mass is 35.5. The van der Waals surface area contributed by atoms with Gasteiger partial charge in [-0.1, -0.05) is 23.2 Å². The molecule has 0 unspecified atom stereocenters. The maximum absolute atomic E-state index is 13.4. The van der Waals surface area contributed by atoms with E-state index in [4.69, 9.17) is 27.9 Å². The predicted molar refractivity (Wildman–Crippen MR) is 124 cm³/mol. The summed E-state index contributed by atoms with van der Waals surface area (Å²) < 4.78 is 46.4. The molecule has 0 heterocycles. The smallest absolute Gasteiger partial charge is 0.264 e. The Balaban J connectivity index is 1.93. The second-order valence-electron chi connectivity index (χ2n) is 6.57. The zero-order valence-electron chi connectivity index (χ0n) is 16.9. The number of rotatable bonds is 8. The van der Waals surface area contributed by atoms with Gasteiger partial charge < -0.3 is 10.1 Å². The fourth-order valence-corrected chi connectivity index (χ4v) is 4.56. The summed E-state index contributed by atoms with van der Waals surface area (Å²) in [7, 11) is -4.11. The summed E-state index contributed by atoms with van der Waals surface area (Å²) in [4.78, 5) is 12.7. The molecule has 3 rings (SSSR count). The van der Waals surface area contributed by atoms with Crippen LogP contribution in [0.5, 0.6) is 5.75 Å². The van der Waals surface area contributed by atoms with Crippen molar-refractivity contribution in [3.05, 3.63) is 82.6 Å². The molecule has 0 aliphatic heterocycles. The van der Waals surface area contributed by atoms with Crippen molar-refractivity contribution in [1.82, 2.24) is 0 Å². The monoisotopic (exact) mass is 496 g/mol. The van der Waals surface area contributed by atoms with Gasteiger partial charge in [-0.15, -0.1) is 0 Å². The molecule has 3 aromatic carbocycles. The van der Waals surface area contributed by atoms with Crippen LogP contribution in [0, 0.1) is 5.82 Å². The molecule has 0 radical (unpaired) electrons. The fourth-order valence-electron chi connectivity index (χ4n) is 2.83. The van der Waals surface area contributed by atoms with Gasteiger partial charge in [-0.2, -0.15) is 0 Å². The van der Waals surface area contributed by atoms with Gasteiger partial charge in [0.25, 0.3) is 10.0 Å². The van der Waals surface area contributed by atoms with Crippen molar-refractivity contribution in [2.24, 2.45) is 0 Å². The van der Waals surface area contributed by atoms with Crippen LogP contribution in [0.2, 0.25) is 10.0 Å². The molecule has 0 aliphatic carbocycles. The summed E-state index contributed by atoms with van der Waals surface area (Å²) in [6.07, 6.45) is 0. The van der Waals surface area contributed by atoms with Crippen LogP contribution in [-0.4, -0.2) is 27.5 Å². The molecule has 168 valence electrons. The summed E-state index contributed by atoms with van der Waals surface area (Å²) in [5, 5.41) is 2.74. The van der Waals surface area contributed by atoms with Gasteiger partial charge in [0, 0.05) is 10.7 Å². The highest BCUT2D eigenvalue weighted by Crippen LogP contribution is 2.27. The second-order valence-corrected chi connectivity index (χ2v) is 9.28. The third-order valence-corrected chi connectivity index (χ3v) is 6.66. The van der Waals surface area contributed by atoms with Crippen LogP contribution in [-0.2, 0) is 14.8 Å². The number of amides is 1. The molecule has 1 amide bonds. The Morgan fingerprint density at radius 1 is 1.03 bits per heavy atom. The SMILES string of the molecule is CCOc1ccc(N(CC(=O)Nc2ccc(F)c(Cl)c2)S(=O)(=O)c2ccc(Cl)cc2)cc1. The number of hydrogen-bond donors (Lipinski definition) is 1. The van der Waals surface area contributed by atoms with E-state index < -0.39 is 28.3 Å². The molecule has 3 aromatic rings. The molecule has 0 saturated heterocycles. The van der Waals surface area contributed by atoms with Gasteiger partial charge in [0.05, 0.1) is 22.2 Å². The Morgan fingerprint density at radius 3 is 2.28 bits per heavy atom. The van der Waals surface area contributed by atoms with Crippen molar-refractivity contribution in [2.45, 2.75) is 11.8 Å². The molecule has 0 aromatic heterocycles. The molecule has 32 heavy (non-hydrogen) atoms. The van der Waals surface area contributed by atoms with E-state index in [-0.39, 0.29) is 21.3 Å². The van der Waals surface area contributed by atoms with Crippen LogP contribution in [0.3, 0.4) is 0 Å². The topological polar surface area (TPSA) is 75.7 Å². The van der Waals surface area contributed by atoms with Gasteiger partial charge in [-0.05, 0) is 73.7 Å². The van der Waals surface area contributed by atoms with Gasteiger partial charge in [0.1, 0.15) is 18.1 Å². The molecule has 1 N–H and O–H groups in total. The van der Waals surface area contributed by atoms with E-state index in [1.165, 1.54) is 36.4 Å². The number of ether oxygens (including phenoxy) is 1. The number of benzene rings is 3. The normalized spacial score (nSPS) is 11.1. The summed E-state index contributed by atoms with van der Waals surface area (Å²) in [5.41, 5.74) is 0.493. The largest absolute Gasteiger partial charge is 0.494 e. The molecule has 0 spiro atoms. The second kappa shape index (κ2) is 10.2. The van der Waals surface area contributed by atoms with E-state index in [2.05, 4.69) is 5.32 Å². The zero-order chi connectivity index (χ0) is 23.3. The fraction of sp³-hybridized carbons (Fsp3) is 0.136. The van der Waals surface area contributed by atoms with Gasteiger partial charge in [0.15, 0.2) is 0 Å². The highest BCUT2D eigenvalue weighted by Gasteiger charge is 2.27. The molecular formula is C22H19Cl2FN2O4S. The van der Waals surface area contributed by atoms with E-state index >= 15 is 0 Å². The maximum atomic E-state index is 13.4. The van der Waals surface area contributed by atoms with Gasteiger partial charge in [-0.25, -0.2) is 12.8 Å². The van der Waals surface area contributed by atoms with Crippen molar-refractivity contribution < 1.29 is 22.3 Å². The third-order valence-electron chi connectivity index (χ3n) is 4.33. The molecule has 0 bridgehead atoms. The Labute approximate surface area is 195 Å². The van der Waals surface area contributed by atoms with E-state index in [0.717, 1.165) is 10.4 Å². The average molecular weight is 497 g/mol. The lowest BCUT2D eigenvalue weighted by Gasteiger charge is -2.24. The first-order chi connectivity index (χ1) is 15.2. The van der Waals surface area contributed by atoms with Gasteiger partial charge >= 0.3 is 0 Å². The lowest BCUT2D eigenvalue weighted by atomic mass is 10.3. The van der Waals surface area contributed by atoms with Crippen molar-refractivity contribution in [3.8, 4) is 5.75 Å². The predicted octanol–water partition coefficient (Wildman–Crippen LogP) is 5.37. The van der Waals surface area contributed by atoms with Crippen molar-refractivity contribution in [3.63, 3.8) is 0 Å². The maximum Gasteiger partial charge on any atom is 0.264 e. The van der Waals surface area contributed by atoms with Gasteiger partial charge in [-0.3, -0.25) is 9.10 Å². The first kappa shape index (κ1) is 23.8. The van der Waals surface area contributed by atoms with Crippen LogP contribution in [0.1, 0.15) is 6.92 Å². The number of carbonyl (C=O) groups is 1. The number of hydrogen-bond acceptors (Lipinski definition) is 4. The third kappa shape index (κ3) is 5.70. The summed E-state index contributed by atoms with van der Waals surface area (Å²) in [6, 6.07) is 15.6. The quantitative estimate of drug-likeness (QED) is 0.455. The molecule has 10 heteroatoms. The number of carbonyl (C=O) groups excluding carboxylic acids is 1. The van der Waals surface area contributed by atoms with E-state index in [1.807, 2.05) is 6.92 Å². The summed E-state index contributed by atoms with van der Waals surface area (Å²) in [6.45, 7) is 1.75.